The van der Waals surface area contributed by atoms with Gasteiger partial charge >= 0.3 is 0 Å². The number of amides is 2. The Labute approximate surface area is 179 Å². The van der Waals surface area contributed by atoms with Crippen molar-refractivity contribution >= 4 is 51.3 Å². The first-order valence-electron chi connectivity index (χ1n) is 9.00. The van der Waals surface area contributed by atoms with Crippen molar-refractivity contribution in [2.45, 2.75) is 30.6 Å². The Hall–Kier alpha value is -2.21. The van der Waals surface area contributed by atoms with E-state index >= 15 is 0 Å². The number of hydrogen-bond acceptors (Lipinski definition) is 8. The van der Waals surface area contributed by atoms with E-state index < -0.39 is 5.91 Å². The zero-order valence-electron chi connectivity index (χ0n) is 15.4. The molecular weight excluding hydrogens is 430 g/mol. The van der Waals surface area contributed by atoms with E-state index in [0.29, 0.717) is 22.3 Å². The average molecular weight is 450 g/mol. The van der Waals surface area contributed by atoms with Crippen molar-refractivity contribution in [3.05, 3.63) is 34.5 Å². The monoisotopic (exact) mass is 449 g/mol. The van der Waals surface area contributed by atoms with Gasteiger partial charge in [0.2, 0.25) is 5.91 Å². The van der Waals surface area contributed by atoms with Crippen molar-refractivity contribution in [2.24, 2.45) is 5.73 Å². The molecule has 2 amide bonds. The van der Waals surface area contributed by atoms with Gasteiger partial charge in [-0.1, -0.05) is 17.8 Å². The fourth-order valence-corrected chi connectivity index (χ4v) is 5.31. The Bertz CT molecular complexity index is 992. The van der Waals surface area contributed by atoms with Crippen LogP contribution in [-0.4, -0.2) is 45.0 Å². The summed E-state index contributed by atoms with van der Waals surface area (Å²) in [5.41, 5.74) is 5.64. The van der Waals surface area contributed by atoms with E-state index in [2.05, 4.69) is 15.5 Å². The molecule has 4 rings (SSSR count). The highest BCUT2D eigenvalue weighted by atomic mass is 32.2. The standard InChI is InChI=1S/C18H19N5O3S3/c19-15(25)12-5-8-28-17(12)20-14(24)10-29-18-22-21-16(13-4-2-7-27-13)23(18)9-11-3-1-6-26-11/h2,4-5,7-8,11H,1,3,6,9-10H2,(H2,19,25)(H,20,24)/t11-/m1/s1. The number of nitrogens with two attached hydrogens (primary N) is 1. The van der Waals surface area contributed by atoms with Crippen molar-refractivity contribution in [2.75, 3.05) is 17.7 Å². The maximum atomic E-state index is 12.4. The minimum Gasteiger partial charge on any atom is -0.376 e. The van der Waals surface area contributed by atoms with E-state index in [1.807, 2.05) is 22.1 Å². The molecule has 3 aromatic heterocycles. The third-order valence-electron chi connectivity index (χ3n) is 4.38. The third-order valence-corrected chi connectivity index (χ3v) is 7.05. The molecule has 152 valence electrons. The summed E-state index contributed by atoms with van der Waals surface area (Å²) in [6, 6.07) is 5.58. The Morgan fingerprint density at radius 1 is 1.31 bits per heavy atom. The molecule has 0 bridgehead atoms. The number of thiophene rings is 2. The zero-order chi connectivity index (χ0) is 20.2. The van der Waals surface area contributed by atoms with Crippen LogP contribution in [0.4, 0.5) is 5.00 Å². The van der Waals surface area contributed by atoms with Crippen LogP contribution in [0.5, 0.6) is 0 Å². The smallest absolute Gasteiger partial charge is 0.251 e. The molecule has 8 nitrogen and oxygen atoms in total. The second-order valence-electron chi connectivity index (χ2n) is 6.39. The Kier molecular flexibility index (Phi) is 6.28. The molecule has 4 heterocycles. The maximum Gasteiger partial charge on any atom is 0.251 e. The molecule has 3 N–H and O–H groups in total. The van der Waals surface area contributed by atoms with Gasteiger partial charge in [-0.25, -0.2) is 0 Å². The number of carbonyl (C=O) groups excluding carboxylic acids is 2. The molecule has 1 aliphatic heterocycles. The number of ether oxygens (including phenoxy) is 1. The highest BCUT2D eigenvalue weighted by Crippen LogP contribution is 2.29. The molecule has 29 heavy (non-hydrogen) atoms. The molecular formula is C18H19N5O3S3. The van der Waals surface area contributed by atoms with Crippen LogP contribution in [0.2, 0.25) is 0 Å². The zero-order valence-corrected chi connectivity index (χ0v) is 17.8. The molecule has 0 unspecified atom stereocenters. The van der Waals surface area contributed by atoms with Gasteiger partial charge in [-0.3, -0.25) is 14.2 Å². The number of hydrogen-bond donors (Lipinski definition) is 2. The van der Waals surface area contributed by atoms with Gasteiger partial charge in [-0.2, -0.15) is 0 Å². The van der Waals surface area contributed by atoms with Crippen LogP contribution in [0, 0.1) is 0 Å². The summed E-state index contributed by atoms with van der Waals surface area (Å²) in [6.45, 7) is 1.43. The predicted molar refractivity (Wildman–Crippen MR) is 114 cm³/mol. The van der Waals surface area contributed by atoms with Crippen molar-refractivity contribution in [3.8, 4) is 10.7 Å². The molecule has 0 saturated carbocycles. The molecule has 0 aliphatic carbocycles. The van der Waals surface area contributed by atoms with Crippen molar-refractivity contribution in [3.63, 3.8) is 0 Å². The van der Waals surface area contributed by atoms with Crippen LogP contribution in [0.3, 0.4) is 0 Å². The first-order chi connectivity index (χ1) is 14.1. The maximum absolute atomic E-state index is 12.4. The number of thioether (sulfide) groups is 1. The predicted octanol–water partition coefficient (Wildman–Crippen LogP) is 3.08. The van der Waals surface area contributed by atoms with Crippen LogP contribution in [-0.2, 0) is 16.1 Å². The largest absolute Gasteiger partial charge is 0.376 e. The van der Waals surface area contributed by atoms with Gasteiger partial charge in [0, 0.05) is 6.61 Å². The van der Waals surface area contributed by atoms with Gasteiger partial charge in [0.05, 0.1) is 28.8 Å². The third kappa shape index (κ3) is 4.69. The lowest BCUT2D eigenvalue weighted by Crippen LogP contribution is -2.19. The van der Waals surface area contributed by atoms with Gasteiger partial charge < -0.3 is 15.8 Å². The van der Waals surface area contributed by atoms with Crippen LogP contribution >= 0.6 is 34.4 Å². The van der Waals surface area contributed by atoms with Gasteiger partial charge in [-0.15, -0.1) is 32.9 Å². The van der Waals surface area contributed by atoms with Crippen LogP contribution in [0.25, 0.3) is 10.7 Å². The minimum atomic E-state index is -0.564. The number of carbonyl (C=O) groups is 2. The van der Waals surface area contributed by atoms with E-state index in [4.69, 9.17) is 10.5 Å². The lowest BCUT2D eigenvalue weighted by atomic mass is 10.2. The Morgan fingerprint density at radius 2 is 2.21 bits per heavy atom. The number of anilines is 1. The van der Waals surface area contributed by atoms with Gasteiger partial charge in [0.15, 0.2) is 11.0 Å². The van der Waals surface area contributed by atoms with Gasteiger partial charge in [0.1, 0.15) is 5.00 Å². The topological polar surface area (TPSA) is 112 Å². The van der Waals surface area contributed by atoms with Crippen LogP contribution < -0.4 is 11.1 Å². The molecule has 3 aromatic rings. The summed E-state index contributed by atoms with van der Waals surface area (Å²) in [5, 5.41) is 16.2. The minimum absolute atomic E-state index is 0.127. The molecule has 1 aliphatic rings. The van der Waals surface area contributed by atoms with E-state index in [9.17, 15) is 9.59 Å². The molecule has 1 atom stereocenters. The van der Waals surface area contributed by atoms with Crippen LogP contribution in [0.15, 0.2) is 34.1 Å². The molecule has 1 saturated heterocycles. The van der Waals surface area contributed by atoms with Crippen molar-refractivity contribution < 1.29 is 14.3 Å². The normalized spacial score (nSPS) is 16.2. The highest BCUT2D eigenvalue weighted by Gasteiger charge is 2.23. The molecule has 11 heteroatoms. The first-order valence-corrected chi connectivity index (χ1v) is 11.7. The fourth-order valence-electron chi connectivity index (χ4n) is 3.03. The summed E-state index contributed by atoms with van der Waals surface area (Å²) in [4.78, 5) is 24.8. The summed E-state index contributed by atoms with van der Waals surface area (Å²) in [7, 11) is 0. The summed E-state index contributed by atoms with van der Waals surface area (Å²) in [6.07, 6.45) is 2.18. The summed E-state index contributed by atoms with van der Waals surface area (Å²) in [5.74, 6) is 0.132. The number of rotatable bonds is 8. The molecule has 0 aromatic carbocycles. The Balaban J connectivity index is 1.47. The fraction of sp³-hybridized carbons (Fsp3) is 0.333. The lowest BCUT2D eigenvalue weighted by Gasteiger charge is -2.14. The van der Waals surface area contributed by atoms with E-state index in [1.165, 1.54) is 23.1 Å². The van der Waals surface area contributed by atoms with Crippen molar-refractivity contribution in [1.82, 2.24) is 14.8 Å². The Morgan fingerprint density at radius 3 is 2.93 bits per heavy atom. The molecule has 0 spiro atoms. The number of nitrogens with zero attached hydrogens (tertiary/aromatic N) is 3. The number of aromatic nitrogens is 3. The first kappa shape index (κ1) is 20.1. The van der Waals surface area contributed by atoms with Gasteiger partial charge in [0.25, 0.3) is 5.91 Å². The van der Waals surface area contributed by atoms with E-state index in [1.54, 1.807) is 22.8 Å². The second-order valence-corrected chi connectivity index (χ2v) is 9.20. The second kappa shape index (κ2) is 9.08. The molecule has 0 radical (unpaired) electrons. The summed E-state index contributed by atoms with van der Waals surface area (Å²) < 4.78 is 7.81. The quantitative estimate of drug-likeness (QED) is 0.511. The SMILES string of the molecule is NC(=O)c1ccsc1NC(=O)CSc1nnc(-c2cccs2)n1C[C@H]1CCCO1. The summed E-state index contributed by atoms with van der Waals surface area (Å²) >= 11 is 4.17. The number of nitrogens with one attached hydrogen (secondary N) is 1. The van der Waals surface area contributed by atoms with E-state index in [0.717, 1.165) is 30.2 Å². The number of primary amides is 1. The average Bonchev–Trinajstić information content (AvgIpc) is 3.48. The van der Waals surface area contributed by atoms with Crippen LogP contribution in [0.1, 0.15) is 23.2 Å². The highest BCUT2D eigenvalue weighted by molar-refractivity contribution is 7.99. The van der Waals surface area contributed by atoms with E-state index in [-0.39, 0.29) is 17.8 Å². The van der Waals surface area contributed by atoms with Gasteiger partial charge in [-0.05, 0) is 35.7 Å². The van der Waals surface area contributed by atoms with Crippen molar-refractivity contribution in [1.29, 1.82) is 0 Å². The molecule has 1 fully saturated rings. The lowest BCUT2D eigenvalue weighted by molar-refractivity contribution is -0.113.